The number of hydrogen-bond acceptors (Lipinski definition) is 3. The second-order valence-corrected chi connectivity index (χ2v) is 7.67. The van der Waals surface area contributed by atoms with Crippen LogP contribution in [0.5, 0.6) is 0 Å². The number of sulfone groups is 1. The van der Waals surface area contributed by atoms with Gasteiger partial charge >= 0.3 is 0 Å². The smallest absolute Gasteiger partial charge is 0.180 e. The Hall–Kier alpha value is -1.40. The van der Waals surface area contributed by atoms with E-state index >= 15 is 0 Å². The van der Waals surface area contributed by atoms with Gasteiger partial charge in [0.05, 0.1) is 16.3 Å². The van der Waals surface area contributed by atoms with Crippen LogP contribution in [0.4, 0.5) is 10.1 Å². The molecule has 3 nitrogen and oxygen atoms in total. The number of anilines is 1. The van der Waals surface area contributed by atoms with Gasteiger partial charge in [-0.1, -0.05) is 28.1 Å². The molecule has 112 valence electrons. The number of nitrogens with zero attached hydrogens (tertiary/aromatic N) is 1. The first-order valence-electron chi connectivity index (χ1n) is 6.34. The van der Waals surface area contributed by atoms with Gasteiger partial charge in [0.25, 0.3) is 0 Å². The molecule has 0 atom stereocenters. The molecule has 0 bridgehead atoms. The molecular weight excluding hydrogens is 357 g/mol. The minimum atomic E-state index is -3.38. The second-order valence-electron chi connectivity index (χ2n) is 4.65. The van der Waals surface area contributed by atoms with E-state index in [-0.39, 0.29) is 23.0 Å². The van der Waals surface area contributed by atoms with Crippen LogP contribution in [0.15, 0.2) is 57.9 Å². The predicted molar refractivity (Wildman–Crippen MR) is 85.9 cm³/mol. The Kier molecular flexibility index (Phi) is 5.00. The topological polar surface area (TPSA) is 37.4 Å². The number of rotatable bonds is 5. The lowest BCUT2D eigenvalue weighted by molar-refractivity contribution is 0.593. The summed E-state index contributed by atoms with van der Waals surface area (Å²) in [7, 11) is -1.70. The van der Waals surface area contributed by atoms with Gasteiger partial charge in [-0.2, -0.15) is 0 Å². The lowest BCUT2D eigenvalue weighted by Gasteiger charge is -2.19. The quantitative estimate of drug-likeness (QED) is 0.806. The molecule has 0 saturated heterocycles. The van der Waals surface area contributed by atoms with E-state index in [4.69, 9.17) is 0 Å². The third-order valence-electron chi connectivity index (χ3n) is 3.13. The molecule has 0 aliphatic heterocycles. The molecule has 0 radical (unpaired) electrons. The highest BCUT2D eigenvalue weighted by Gasteiger charge is 2.16. The van der Waals surface area contributed by atoms with Gasteiger partial charge in [-0.3, -0.25) is 0 Å². The van der Waals surface area contributed by atoms with Crippen molar-refractivity contribution in [1.29, 1.82) is 0 Å². The molecule has 0 saturated carbocycles. The van der Waals surface area contributed by atoms with E-state index < -0.39 is 9.84 Å². The third-order valence-corrected chi connectivity index (χ3v) is 5.37. The van der Waals surface area contributed by atoms with Crippen molar-refractivity contribution in [2.75, 3.05) is 24.2 Å². The molecule has 0 spiro atoms. The van der Waals surface area contributed by atoms with E-state index in [2.05, 4.69) is 15.9 Å². The molecule has 0 aliphatic rings. The van der Waals surface area contributed by atoms with Crippen LogP contribution in [0.1, 0.15) is 0 Å². The fourth-order valence-electron chi connectivity index (χ4n) is 1.90. The number of benzene rings is 2. The Labute approximate surface area is 132 Å². The Morgan fingerprint density at radius 2 is 1.71 bits per heavy atom. The Morgan fingerprint density at radius 1 is 1.10 bits per heavy atom. The van der Waals surface area contributed by atoms with Crippen molar-refractivity contribution in [1.82, 2.24) is 0 Å². The van der Waals surface area contributed by atoms with Gasteiger partial charge in [-0.25, -0.2) is 12.8 Å². The molecule has 2 aromatic rings. The lowest BCUT2D eigenvalue weighted by atomic mass is 10.3. The molecule has 0 N–H and O–H groups in total. The van der Waals surface area contributed by atoms with Crippen LogP contribution in [-0.2, 0) is 9.84 Å². The summed E-state index contributed by atoms with van der Waals surface area (Å²) in [6.45, 7) is 0.222. The van der Waals surface area contributed by atoms with Gasteiger partial charge in [0.15, 0.2) is 9.84 Å². The molecule has 0 heterocycles. The van der Waals surface area contributed by atoms with Crippen molar-refractivity contribution in [3.63, 3.8) is 0 Å². The van der Waals surface area contributed by atoms with Crippen LogP contribution in [0.3, 0.4) is 0 Å². The summed E-state index contributed by atoms with van der Waals surface area (Å²) in [6, 6.07) is 12.8. The second kappa shape index (κ2) is 6.58. The maximum absolute atomic E-state index is 13.6. The van der Waals surface area contributed by atoms with Crippen molar-refractivity contribution >= 4 is 31.5 Å². The van der Waals surface area contributed by atoms with Gasteiger partial charge in [0.2, 0.25) is 0 Å². The van der Waals surface area contributed by atoms with Crippen LogP contribution in [0.25, 0.3) is 0 Å². The molecule has 21 heavy (non-hydrogen) atoms. The Bertz CT molecular complexity index is 717. The van der Waals surface area contributed by atoms with Gasteiger partial charge in [-0.05, 0) is 36.4 Å². The average Bonchev–Trinajstić information content (AvgIpc) is 2.46. The van der Waals surface area contributed by atoms with Crippen molar-refractivity contribution in [3.8, 4) is 0 Å². The summed E-state index contributed by atoms with van der Waals surface area (Å²) in [5.41, 5.74) is 0.392. The standard InChI is InChI=1S/C15H15BrFNO2S/c1-18(15-5-3-2-4-14(15)17)10-11-21(19,20)13-8-6-12(16)7-9-13/h2-9H,10-11H2,1H3. The van der Waals surface area contributed by atoms with E-state index in [1.165, 1.54) is 6.07 Å². The first-order valence-corrected chi connectivity index (χ1v) is 8.79. The molecule has 6 heteroatoms. The number of para-hydroxylation sites is 1. The highest BCUT2D eigenvalue weighted by Crippen LogP contribution is 2.19. The van der Waals surface area contributed by atoms with Gasteiger partial charge in [-0.15, -0.1) is 0 Å². The monoisotopic (exact) mass is 371 g/mol. The lowest BCUT2D eigenvalue weighted by Crippen LogP contribution is -2.26. The van der Waals surface area contributed by atoms with Gasteiger partial charge < -0.3 is 4.90 Å². The molecule has 0 aromatic heterocycles. The van der Waals surface area contributed by atoms with E-state index in [0.717, 1.165) is 4.47 Å². The summed E-state index contributed by atoms with van der Waals surface area (Å²) in [5.74, 6) is -0.430. The Balaban J connectivity index is 2.08. The van der Waals surface area contributed by atoms with Crippen molar-refractivity contribution in [3.05, 3.63) is 58.8 Å². The minimum Gasteiger partial charge on any atom is -0.371 e. The molecule has 2 aromatic carbocycles. The first kappa shape index (κ1) is 16.0. The summed E-state index contributed by atoms with van der Waals surface area (Å²) < 4.78 is 38.9. The normalized spacial score (nSPS) is 11.4. The summed E-state index contributed by atoms with van der Waals surface area (Å²) in [4.78, 5) is 1.87. The maximum atomic E-state index is 13.6. The van der Waals surface area contributed by atoms with E-state index in [1.807, 2.05) is 0 Å². The van der Waals surface area contributed by atoms with E-state index in [1.54, 1.807) is 54.4 Å². The Morgan fingerprint density at radius 3 is 2.33 bits per heavy atom. The van der Waals surface area contributed by atoms with Crippen LogP contribution in [-0.4, -0.2) is 27.8 Å². The zero-order valence-corrected chi connectivity index (χ0v) is 13.9. The van der Waals surface area contributed by atoms with Crippen LogP contribution in [0, 0.1) is 5.82 Å². The highest BCUT2D eigenvalue weighted by atomic mass is 79.9. The van der Waals surface area contributed by atoms with E-state index in [9.17, 15) is 12.8 Å². The zero-order chi connectivity index (χ0) is 15.5. The minimum absolute atomic E-state index is 0.0700. The fraction of sp³-hybridized carbons (Fsp3) is 0.200. The molecule has 0 aliphatic carbocycles. The summed E-state index contributed by atoms with van der Waals surface area (Å²) in [6.07, 6.45) is 0. The van der Waals surface area contributed by atoms with Crippen LogP contribution in [0.2, 0.25) is 0 Å². The zero-order valence-electron chi connectivity index (χ0n) is 11.5. The molecule has 0 amide bonds. The van der Waals surface area contributed by atoms with Crippen molar-refractivity contribution in [2.45, 2.75) is 4.90 Å². The summed E-state index contributed by atoms with van der Waals surface area (Å²) in [5, 5.41) is 0. The number of hydrogen-bond donors (Lipinski definition) is 0. The summed E-state index contributed by atoms with van der Waals surface area (Å²) >= 11 is 3.27. The average molecular weight is 372 g/mol. The third kappa shape index (κ3) is 4.04. The van der Waals surface area contributed by atoms with Crippen molar-refractivity contribution < 1.29 is 12.8 Å². The van der Waals surface area contributed by atoms with Crippen LogP contribution < -0.4 is 4.90 Å². The predicted octanol–water partition coefficient (Wildman–Crippen LogP) is 3.50. The SMILES string of the molecule is CN(CCS(=O)(=O)c1ccc(Br)cc1)c1ccccc1F. The highest BCUT2D eigenvalue weighted by molar-refractivity contribution is 9.10. The molecular formula is C15H15BrFNO2S. The van der Waals surface area contributed by atoms with Crippen LogP contribution >= 0.6 is 15.9 Å². The largest absolute Gasteiger partial charge is 0.371 e. The van der Waals surface area contributed by atoms with Gasteiger partial charge in [0, 0.05) is 18.1 Å². The number of halogens is 2. The molecule has 0 fully saturated rings. The van der Waals surface area contributed by atoms with Gasteiger partial charge in [0.1, 0.15) is 5.82 Å². The maximum Gasteiger partial charge on any atom is 0.180 e. The first-order chi connectivity index (χ1) is 9.90. The molecule has 0 unspecified atom stereocenters. The van der Waals surface area contributed by atoms with E-state index in [0.29, 0.717) is 5.69 Å². The fourth-order valence-corrected chi connectivity index (χ4v) is 3.46. The van der Waals surface area contributed by atoms with Crippen molar-refractivity contribution in [2.24, 2.45) is 0 Å². The molecule has 2 rings (SSSR count).